The monoisotopic (exact) mass is 362 g/mol. The Hall–Kier alpha value is -1.84. The van der Waals surface area contributed by atoms with Crippen LogP contribution in [0.1, 0.15) is 104 Å². The van der Waals surface area contributed by atoms with Gasteiger partial charge in [0, 0.05) is 0 Å². The first-order valence-electron chi connectivity index (χ1n) is 10.1. The molecule has 0 bridgehead atoms. The topological polar surface area (TPSA) is 74.6 Å². The predicted octanol–water partition coefficient (Wildman–Crippen LogP) is 5.96. The Balaban J connectivity index is 3.24. The highest BCUT2D eigenvalue weighted by Gasteiger charge is 2.24. The third-order valence-electron chi connectivity index (χ3n) is 5.19. The van der Waals surface area contributed by atoms with E-state index in [2.05, 4.69) is 20.8 Å². The average Bonchev–Trinajstić information content (AvgIpc) is 2.61. The minimum atomic E-state index is -1.16. The number of aryl methyl sites for hydroxylation is 1. The first kappa shape index (κ1) is 22.2. The van der Waals surface area contributed by atoms with Crippen LogP contribution in [-0.2, 0) is 12.8 Å². The molecule has 1 unspecified atom stereocenters. The molecule has 1 aromatic rings. The standard InChI is InChI=1S/C22H34O4/c1-4-7-9-10-12-17-13-14-18(21(23)24)20(22(25)26)19(17)15-16(6-3)11-8-5-2/h13-14,16H,4-12,15H2,1-3H3,(H,23,24)(H,25,26). The molecular weight excluding hydrogens is 328 g/mol. The Morgan fingerprint density at radius 2 is 1.62 bits per heavy atom. The van der Waals surface area contributed by atoms with Crippen LogP contribution in [-0.4, -0.2) is 22.2 Å². The molecule has 26 heavy (non-hydrogen) atoms. The fourth-order valence-corrected chi connectivity index (χ4v) is 3.56. The van der Waals surface area contributed by atoms with E-state index in [0.29, 0.717) is 12.3 Å². The minimum absolute atomic E-state index is 0.000407. The van der Waals surface area contributed by atoms with Crippen molar-refractivity contribution in [2.45, 2.75) is 85.0 Å². The van der Waals surface area contributed by atoms with Crippen molar-refractivity contribution in [2.24, 2.45) is 5.92 Å². The number of rotatable bonds is 13. The first-order valence-corrected chi connectivity index (χ1v) is 10.1. The van der Waals surface area contributed by atoms with Crippen molar-refractivity contribution in [1.82, 2.24) is 0 Å². The number of carboxylic acid groups (broad SMARTS) is 2. The molecule has 1 atom stereocenters. The van der Waals surface area contributed by atoms with Crippen molar-refractivity contribution in [2.75, 3.05) is 0 Å². The van der Waals surface area contributed by atoms with Gasteiger partial charge in [-0.05, 0) is 42.4 Å². The van der Waals surface area contributed by atoms with E-state index >= 15 is 0 Å². The Morgan fingerprint density at radius 3 is 2.15 bits per heavy atom. The van der Waals surface area contributed by atoms with E-state index in [9.17, 15) is 19.8 Å². The molecule has 0 saturated carbocycles. The van der Waals surface area contributed by atoms with E-state index in [1.54, 1.807) is 0 Å². The van der Waals surface area contributed by atoms with Gasteiger partial charge in [-0.15, -0.1) is 0 Å². The zero-order chi connectivity index (χ0) is 19.5. The van der Waals surface area contributed by atoms with Gasteiger partial charge >= 0.3 is 11.9 Å². The van der Waals surface area contributed by atoms with Gasteiger partial charge in [-0.2, -0.15) is 0 Å². The normalized spacial score (nSPS) is 12.1. The van der Waals surface area contributed by atoms with Crippen LogP contribution in [0.15, 0.2) is 12.1 Å². The van der Waals surface area contributed by atoms with Crippen molar-refractivity contribution < 1.29 is 19.8 Å². The van der Waals surface area contributed by atoms with Gasteiger partial charge in [0.15, 0.2) is 0 Å². The van der Waals surface area contributed by atoms with Crippen molar-refractivity contribution in [3.05, 3.63) is 34.4 Å². The summed E-state index contributed by atoms with van der Waals surface area (Å²) >= 11 is 0. The number of carboxylic acids is 2. The molecule has 0 aromatic heterocycles. The fourth-order valence-electron chi connectivity index (χ4n) is 3.56. The Bertz CT molecular complexity index is 592. The summed E-state index contributed by atoms with van der Waals surface area (Å²) in [7, 11) is 0. The number of carbonyl (C=O) groups is 2. The lowest BCUT2D eigenvalue weighted by molar-refractivity contribution is 0.0650. The second-order valence-corrected chi connectivity index (χ2v) is 7.17. The lowest BCUT2D eigenvalue weighted by Crippen LogP contribution is -2.16. The molecule has 2 N–H and O–H groups in total. The van der Waals surface area contributed by atoms with E-state index in [0.717, 1.165) is 62.5 Å². The number of hydrogen-bond donors (Lipinski definition) is 2. The molecule has 0 amide bonds. The molecule has 1 aromatic carbocycles. The molecule has 0 radical (unpaired) electrons. The smallest absolute Gasteiger partial charge is 0.336 e. The molecule has 0 aliphatic heterocycles. The number of unbranched alkanes of at least 4 members (excludes halogenated alkanes) is 4. The Morgan fingerprint density at radius 1 is 0.923 bits per heavy atom. The van der Waals surface area contributed by atoms with Crippen molar-refractivity contribution in [3.63, 3.8) is 0 Å². The average molecular weight is 363 g/mol. The molecule has 0 aliphatic rings. The summed E-state index contributed by atoms with van der Waals surface area (Å²) in [6.07, 6.45) is 10.2. The van der Waals surface area contributed by atoms with Crippen LogP contribution in [0, 0.1) is 5.92 Å². The predicted molar refractivity (Wildman–Crippen MR) is 105 cm³/mol. The Kier molecular flexibility index (Phi) is 10.0. The largest absolute Gasteiger partial charge is 0.478 e. The van der Waals surface area contributed by atoms with Crippen LogP contribution in [0.5, 0.6) is 0 Å². The van der Waals surface area contributed by atoms with Crippen molar-refractivity contribution >= 4 is 11.9 Å². The highest BCUT2D eigenvalue weighted by atomic mass is 16.4. The van der Waals surface area contributed by atoms with Gasteiger partial charge in [-0.3, -0.25) is 0 Å². The lowest BCUT2D eigenvalue weighted by atomic mass is 9.84. The maximum absolute atomic E-state index is 11.9. The van der Waals surface area contributed by atoms with E-state index in [1.807, 2.05) is 6.07 Å². The van der Waals surface area contributed by atoms with E-state index in [-0.39, 0.29) is 11.1 Å². The fraction of sp³-hybridized carbons (Fsp3) is 0.636. The summed E-state index contributed by atoms with van der Waals surface area (Å²) in [6, 6.07) is 3.31. The van der Waals surface area contributed by atoms with Gasteiger partial charge in [0.2, 0.25) is 0 Å². The highest BCUT2D eigenvalue weighted by Crippen LogP contribution is 2.28. The Labute approximate surface area is 157 Å². The minimum Gasteiger partial charge on any atom is -0.478 e. The van der Waals surface area contributed by atoms with Gasteiger partial charge in [0.05, 0.1) is 11.1 Å². The second-order valence-electron chi connectivity index (χ2n) is 7.17. The van der Waals surface area contributed by atoms with Crippen LogP contribution >= 0.6 is 0 Å². The van der Waals surface area contributed by atoms with Crippen LogP contribution in [0.3, 0.4) is 0 Å². The summed E-state index contributed by atoms with van der Waals surface area (Å²) in [5.74, 6) is -1.90. The number of aromatic carboxylic acids is 2. The van der Waals surface area contributed by atoms with E-state index in [1.165, 1.54) is 12.5 Å². The van der Waals surface area contributed by atoms with Crippen LogP contribution in [0.4, 0.5) is 0 Å². The molecular formula is C22H34O4. The van der Waals surface area contributed by atoms with Gasteiger partial charge in [0.25, 0.3) is 0 Å². The van der Waals surface area contributed by atoms with Gasteiger partial charge in [-0.25, -0.2) is 9.59 Å². The molecule has 4 nitrogen and oxygen atoms in total. The number of benzene rings is 1. The molecule has 0 saturated heterocycles. The molecule has 0 spiro atoms. The molecule has 146 valence electrons. The van der Waals surface area contributed by atoms with E-state index < -0.39 is 11.9 Å². The molecule has 0 heterocycles. The molecule has 4 heteroatoms. The van der Waals surface area contributed by atoms with Crippen molar-refractivity contribution in [3.8, 4) is 0 Å². The SMILES string of the molecule is CCCCCCc1ccc(C(=O)O)c(C(=O)O)c1CC(CC)CCCC. The zero-order valence-electron chi connectivity index (χ0n) is 16.5. The highest BCUT2D eigenvalue weighted by molar-refractivity contribution is 6.03. The molecule has 0 aliphatic carbocycles. The summed E-state index contributed by atoms with van der Waals surface area (Å²) in [5, 5.41) is 19.2. The number of hydrogen-bond acceptors (Lipinski definition) is 2. The zero-order valence-corrected chi connectivity index (χ0v) is 16.5. The van der Waals surface area contributed by atoms with E-state index in [4.69, 9.17) is 0 Å². The van der Waals surface area contributed by atoms with Gasteiger partial charge < -0.3 is 10.2 Å². The van der Waals surface area contributed by atoms with Crippen molar-refractivity contribution in [1.29, 1.82) is 0 Å². The lowest BCUT2D eigenvalue weighted by Gasteiger charge is -2.20. The summed E-state index contributed by atoms with van der Waals surface area (Å²) in [4.78, 5) is 23.4. The maximum Gasteiger partial charge on any atom is 0.336 e. The first-order chi connectivity index (χ1) is 12.5. The molecule has 1 rings (SSSR count). The van der Waals surface area contributed by atoms with Crippen LogP contribution in [0.25, 0.3) is 0 Å². The second kappa shape index (κ2) is 11.7. The van der Waals surface area contributed by atoms with Crippen LogP contribution < -0.4 is 0 Å². The summed E-state index contributed by atoms with van der Waals surface area (Å²) < 4.78 is 0. The van der Waals surface area contributed by atoms with Gasteiger partial charge in [-0.1, -0.05) is 71.8 Å². The summed E-state index contributed by atoms with van der Waals surface area (Å²) in [6.45, 7) is 6.44. The maximum atomic E-state index is 11.9. The third-order valence-corrected chi connectivity index (χ3v) is 5.19. The van der Waals surface area contributed by atoms with Gasteiger partial charge in [0.1, 0.15) is 0 Å². The molecule has 0 fully saturated rings. The quantitative estimate of drug-likeness (QED) is 0.424. The van der Waals surface area contributed by atoms with Crippen LogP contribution in [0.2, 0.25) is 0 Å². The summed E-state index contributed by atoms with van der Waals surface area (Å²) in [5.41, 5.74) is 1.67. The third kappa shape index (κ3) is 6.47.